The molecule has 1 aromatic carbocycles. The number of ether oxygens (including phenoxy) is 1. The van der Waals surface area contributed by atoms with Gasteiger partial charge in [-0.05, 0) is 36.9 Å². The lowest BCUT2D eigenvalue weighted by atomic mass is 10.2. The third-order valence-corrected chi connectivity index (χ3v) is 4.76. The summed E-state index contributed by atoms with van der Waals surface area (Å²) in [6.45, 7) is 1.80. The zero-order chi connectivity index (χ0) is 19.6. The van der Waals surface area contributed by atoms with Crippen molar-refractivity contribution >= 4 is 69.7 Å². The van der Waals surface area contributed by atoms with Crippen molar-refractivity contribution in [3.63, 3.8) is 0 Å². The number of furan rings is 1. The summed E-state index contributed by atoms with van der Waals surface area (Å²) in [5, 5.41) is 4.98. The predicted molar refractivity (Wildman–Crippen MR) is 104 cm³/mol. The van der Waals surface area contributed by atoms with Crippen molar-refractivity contribution in [2.75, 3.05) is 11.9 Å². The highest BCUT2D eigenvalue weighted by atomic mass is 35.5. The monoisotopic (exact) mass is 426 g/mol. The molecule has 140 valence electrons. The van der Waals surface area contributed by atoms with Crippen LogP contribution in [0.5, 0.6) is 0 Å². The number of carbonyl (C=O) groups excluding carboxylic acids is 3. The molecule has 0 bridgehead atoms. The maximum absolute atomic E-state index is 12.3. The molecule has 27 heavy (non-hydrogen) atoms. The minimum Gasteiger partial charge on any atom is -0.462 e. The van der Waals surface area contributed by atoms with Crippen LogP contribution in [-0.2, 0) is 9.53 Å². The Hall–Kier alpha value is -2.42. The highest BCUT2D eigenvalue weighted by Gasteiger charge is 2.29. The number of imide groups is 1. The largest absolute Gasteiger partial charge is 0.462 e. The van der Waals surface area contributed by atoms with E-state index in [1.54, 1.807) is 31.2 Å². The van der Waals surface area contributed by atoms with Gasteiger partial charge in [0.2, 0.25) is 5.88 Å². The first-order valence-corrected chi connectivity index (χ1v) is 9.23. The third-order valence-electron chi connectivity index (χ3n) is 3.34. The molecular weight excluding hydrogens is 415 g/mol. The minimum atomic E-state index is -0.694. The van der Waals surface area contributed by atoms with E-state index >= 15 is 0 Å². The second-order valence-corrected chi connectivity index (χ2v) is 7.02. The van der Waals surface area contributed by atoms with Crippen molar-refractivity contribution in [2.24, 2.45) is 0 Å². The lowest BCUT2D eigenvalue weighted by molar-refractivity contribution is -0.115. The van der Waals surface area contributed by atoms with Gasteiger partial charge in [0, 0.05) is 16.8 Å². The Bertz CT molecular complexity index is 970. The molecule has 2 aromatic rings. The van der Waals surface area contributed by atoms with E-state index in [9.17, 15) is 14.4 Å². The van der Waals surface area contributed by atoms with Crippen LogP contribution in [0.25, 0.3) is 6.08 Å². The van der Waals surface area contributed by atoms with E-state index in [0.29, 0.717) is 22.5 Å². The molecule has 1 aliphatic heterocycles. The van der Waals surface area contributed by atoms with Crippen LogP contribution in [0.4, 0.5) is 16.4 Å². The first kappa shape index (κ1) is 19.3. The topological polar surface area (TPSA) is 97.6 Å². The summed E-state index contributed by atoms with van der Waals surface area (Å²) in [5.74, 6) is -1.20. The number of carbonyl (C=O) groups is 3. The van der Waals surface area contributed by atoms with E-state index in [1.807, 2.05) is 0 Å². The number of hydrogen-bond acceptors (Lipinski definition) is 7. The molecule has 0 aliphatic carbocycles. The molecular formula is C17H12Cl2N2O5S. The number of anilines is 2. The minimum absolute atomic E-state index is 0.0277. The highest BCUT2D eigenvalue weighted by molar-refractivity contribution is 8.18. The van der Waals surface area contributed by atoms with Gasteiger partial charge in [-0.25, -0.2) is 4.79 Å². The fraction of sp³-hybridized carbons (Fsp3) is 0.118. The van der Waals surface area contributed by atoms with Crippen LogP contribution in [0.3, 0.4) is 0 Å². The molecule has 2 amide bonds. The predicted octanol–water partition coefficient (Wildman–Crippen LogP) is 4.83. The second-order valence-electron chi connectivity index (χ2n) is 5.19. The number of thioether (sulfide) groups is 1. The van der Waals surface area contributed by atoms with E-state index in [1.165, 1.54) is 6.08 Å². The van der Waals surface area contributed by atoms with Gasteiger partial charge in [-0.1, -0.05) is 29.3 Å². The van der Waals surface area contributed by atoms with Crippen LogP contribution in [-0.4, -0.2) is 23.7 Å². The number of halogens is 2. The Kier molecular flexibility index (Phi) is 5.79. The van der Waals surface area contributed by atoms with Crippen LogP contribution in [0.2, 0.25) is 10.0 Å². The smallest absolute Gasteiger partial charge is 0.345 e. The van der Waals surface area contributed by atoms with E-state index in [2.05, 4.69) is 10.6 Å². The summed E-state index contributed by atoms with van der Waals surface area (Å²) in [5.41, 5.74) is 0.529. The highest BCUT2D eigenvalue weighted by Crippen LogP contribution is 2.37. The Morgan fingerprint density at radius 1 is 1.37 bits per heavy atom. The number of nitrogens with one attached hydrogen (secondary N) is 2. The molecule has 1 aromatic heterocycles. The lowest BCUT2D eigenvalue weighted by Crippen LogP contribution is -2.17. The van der Waals surface area contributed by atoms with Gasteiger partial charge in [0.05, 0.1) is 11.5 Å². The molecule has 1 aliphatic rings. The van der Waals surface area contributed by atoms with Crippen molar-refractivity contribution < 1.29 is 23.5 Å². The summed E-state index contributed by atoms with van der Waals surface area (Å²) in [6, 6.07) is 6.75. The van der Waals surface area contributed by atoms with Crippen molar-refractivity contribution in [3.05, 3.63) is 50.5 Å². The van der Waals surface area contributed by atoms with Gasteiger partial charge in [-0.15, -0.1) is 0 Å². The molecule has 0 atom stereocenters. The zero-order valence-electron chi connectivity index (χ0n) is 13.8. The number of rotatable bonds is 5. The SMILES string of the molecule is CCOC(=O)c1c(Nc2cccc(Cl)c2)oc(/C=C2/SC(=O)NC2=O)c1Cl. The summed E-state index contributed by atoms with van der Waals surface area (Å²) >= 11 is 13.0. The van der Waals surface area contributed by atoms with E-state index in [-0.39, 0.29) is 33.7 Å². The summed E-state index contributed by atoms with van der Waals surface area (Å²) < 4.78 is 10.7. The van der Waals surface area contributed by atoms with Crippen molar-refractivity contribution in [3.8, 4) is 0 Å². The second kappa shape index (κ2) is 8.08. The number of hydrogen-bond donors (Lipinski definition) is 2. The number of benzene rings is 1. The molecule has 7 nitrogen and oxygen atoms in total. The van der Waals surface area contributed by atoms with Gasteiger partial charge in [0.25, 0.3) is 11.1 Å². The standard InChI is InChI=1S/C17H12Cl2N2O5S/c1-2-25-16(23)12-13(19)10(7-11-14(22)21-17(24)27-11)26-15(12)20-9-5-3-4-8(18)6-9/h3-7,20H,2H2,1H3,(H,21,22,24)/b11-7+. The Morgan fingerprint density at radius 2 is 2.15 bits per heavy atom. The maximum atomic E-state index is 12.3. The molecule has 1 fully saturated rings. The summed E-state index contributed by atoms with van der Waals surface area (Å²) in [6.07, 6.45) is 1.29. The molecule has 0 spiro atoms. The molecule has 0 unspecified atom stereocenters. The fourth-order valence-electron chi connectivity index (χ4n) is 2.23. The Balaban J connectivity index is 2.03. The van der Waals surface area contributed by atoms with Crippen molar-refractivity contribution in [1.82, 2.24) is 5.32 Å². The average molecular weight is 427 g/mol. The number of amides is 2. The molecule has 10 heteroatoms. The van der Waals surface area contributed by atoms with Gasteiger partial charge < -0.3 is 14.5 Å². The summed E-state index contributed by atoms with van der Waals surface area (Å²) in [7, 11) is 0. The van der Waals surface area contributed by atoms with Crippen LogP contribution >= 0.6 is 35.0 Å². The Morgan fingerprint density at radius 3 is 2.78 bits per heavy atom. The maximum Gasteiger partial charge on any atom is 0.345 e. The molecule has 0 radical (unpaired) electrons. The van der Waals surface area contributed by atoms with Gasteiger partial charge >= 0.3 is 5.97 Å². The zero-order valence-corrected chi connectivity index (χ0v) is 16.1. The average Bonchev–Trinajstić information content (AvgIpc) is 3.07. The Labute approximate surface area is 168 Å². The van der Waals surface area contributed by atoms with Crippen LogP contribution in [0.1, 0.15) is 23.0 Å². The van der Waals surface area contributed by atoms with Gasteiger partial charge in [-0.2, -0.15) is 0 Å². The van der Waals surface area contributed by atoms with Crippen molar-refractivity contribution in [2.45, 2.75) is 6.92 Å². The molecule has 0 saturated carbocycles. The van der Waals surface area contributed by atoms with Gasteiger partial charge in [-0.3, -0.25) is 14.9 Å². The lowest BCUT2D eigenvalue weighted by Gasteiger charge is -2.06. The van der Waals surface area contributed by atoms with Crippen LogP contribution < -0.4 is 10.6 Å². The van der Waals surface area contributed by atoms with E-state index < -0.39 is 17.1 Å². The number of esters is 1. The van der Waals surface area contributed by atoms with E-state index in [0.717, 1.165) is 0 Å². The molecule has 2 heterocycles. The van der Waals surface area contributed by atoms with Crippen LogP contribution in [0, 0.1) is 0 Å². The molecule has 3 rings (SSSR count). The first-order valence-electron chi connectivity index (χ1n) is 7.66. The fourth-order valence-corrected chi connectivity index (χ4v) is 3.33. The quantitative estimate of drug-likeness (QED) is 0.521. The van der Waals surface area contributed by atoms with Gasteiger partial charge in [0.15, 0.2) is 0 Å². The third kappa shape index (κ3) is 4.29. The van der Waals surface area contributed by atoms with E-state index in [4.69, 9.17) is 32.4 Å². The van der Waals surface area contributed by atoms with Crippen LogP contribution in [0.15, 0.2) is 33.6 Å². The molecule has 2 N–H and O–H groups in total. The van der Waals surface area contributed by atoms with Crippen molar-refractivity contribution in [1.29, 1.82) is 0 Å². The molecule has 1 saturated heterocycles. The first-order chi connectivity index (χ1) is 12.9. The normalized spacial score (nSPS) is 15.1. The van der Waals surface area contributed by atoms with Gasteiger partial charge in [0.1, 0.15) is 16.3 Å². The summed E-state index contributed by atoms with van der Waals surface area (Å²) in [4.78, 5) is 35.5.